The van der Waals surface area contributed by atoms with Crippen LogP contribution in [0.1, 0.15) is 18.2 Å². The van der Waals surface area contributed by atoms with Crippen molar-refractivity contribution in [3.8, 4) is 0 Å². The van der Waals surface area contributed by atoms with E-state index in [4.69, 9.17) is 10.8 Å². The van der Waals surface area contributed by atoms with Gasteiger partial charge in [0.15, 0.2) is 0 Å². The van der Waals surface area contributed by atoms with E-state index in [2.05, 4.69) is 0 Å². The van der Waals surface area contributed by atoms with Crippen molar-refractivity contribution in [2.24, 2.45) is 19.8 Å². The van der Waals surface area contributed by atoms with Crippen LogP contribution in [0.3, 0.4) is 0 Å². The van der Waals surface area contributed by atoms with Gasteiger partial charge in [0.05, 0.1) is 18.2 Å². The van der Waals surface area contributed by atoms with E-state index in [0.29, 0.717) is 5.69 Å². The number of carboxylic acids is 1. The van der Waals surface area contributed by atoms with Crippen LogP contribution in [0, 0.1) is 0 Å². The molecule has 0 radical (unpaired) electrons. The molecule has 1 rings (SSSR count). The second-order valence-electron chi connectivity index (χ2n) is 3.21. The molecular formula is C8H13N3O3. The van der Waals surface area contributed by atoms with Gasteiger partial charge in [0.25, 0.3) is 0 Å². The number of carbonyl (C=O) groups is 1. The third-order valence-corrected chi connectivity index (χ3v) is 2.08. The van der Waals surface area contributed by atoms with Crippen molar-refractivity contribution in [3.05, 3.63) is 22.4 Å². The van der Waals surface area contributed by atoms with Gasteiger partial charge in [-0.15, -0.1) is 0 Å². The summed E-state index contributed by atoms with van der Waals surface area (Å²) in [6.45, 7) is 0. The topological polar surface area (TPSA) is 90.2 Å². The summed E-state index contributed by atoms with van der Waals surface area (Å²) in [4.78, 5) is 21.7. The summed E-state index contributed by atoms with van der Waals surface area (Å²) >= 11 is 0. The summed E-state index contributed by atoms with van der Waals surface area (Å²) in [6.07, 6.45) is 1.37. The van der Waals surface area contributed by atoms with Gasteiger partial charge in [-0.2, -0.15) is 0 Å². The van der Waals surface area contributed by atoms with Crippen LogP contribution in [0.25, 0.3) is 0 Å². The average molecular weight is 199 g/mol. The predicted octanol–water partition coefficient (Wildman–Crippen LogP) is -0.802. The molecule has 1 heterocycles. The molecule has 0 bridgehead atoms. The van der Waals surface area contributed by atoms with Crippen molar-refractivity contribution in [1.29, 1.82) is 0 Å². The highest BCUT2D eigenvalue weighted by molar-refractivity contribution is 5.67. The number of aromatic nitrogens is 2. The third kappa shape index (κ3) is 1.85. The molecule has 0 saturated heterocycles. The number of rotatable bonds is 3. The Bertz CT molecular complexity index is 404. The minimum Gasteiger partial charge on any atom is -0.481 e. The SMILES string of the molecule is Cn1cc(C(N)CC(=O)O)n(C)c1=O. The van der Waals surface area contributed by atoms with Gasteiger partial charge in [-0.1, -0.05) is 0 Å². The lowest BCUT2D eigenvalue weighted by atomic mass is 10.1. The lowest BCUT2D eigenvalue weighted by Gasteiger charge is -2.07. The molecule has 6 heteroatoms. The molecule has 3 N–H and O–H groups in total. The number of aliphatic carboxylic acids is 1. The van der Waals surface area contributed by atoms with Crippen LogP contribution >= 0.6 is 0 Å². The Labute approximate surface area is 80.6 Å². The van der Waals surface area contributed by atoms with Crippen LogP contribution in [0.15, 0.2) is 11.0 Å². The molecule has 1 aromatic heterocycles. The van der Waals surface area contributed by atoms with Gasteiger partial charge in [-0.25, -0.2) is 4.79 Å². The van der Waals surface area contributed by atoms with E-state index in [1.54, 1.807) is 20.3 Å². The molecule has 0 saturated carbocycles. The molecule has 0 fully saturated rings. The van der Waals surface area contributed by atoms with Crippen LogP contribution in [-0.4, -0.2) is 20.2 Å². The Morgan fingerprint density at radius 2 is 2.21 bits per heavy atom. The molecule has 6 nitrogen and oxygen atoms in total. The second kappa shape index (κ2) is 3.67. The predicted molar refractivity (Wildman–Crippen MR) is 49.8 cm³/mol. The summed E-state index contributed by atoms with van der Waals surface area (Å²) in [6, 6.07) is -0.647. The summed E-state index contributed by atoms with van der Waals surface area (Å²) in [5.74, 6) is -0.978. The van der Waals surface area contributed by atoms with Crippen LogP contribution in [-0.2, 0) is 18.9 Å². The van der Waals surface area contributed by atoms with Crippen molar-refractivity contribution in [3.63, 3.8) is 0 Å². The molecule has 1 aromatic rings. The molecule has 0 spiro atoms. The zero-order valence-electron chi connectivity index (χ0n) is 8.10. The number of nitrogens with zero attached hydrogens (tertiary/aromatic N) is 2. The van der Waals surface area contributed by atoms with Gasteiger partial charge in [0, 0.05) is 20.3 Å². The van der Waals surface area contributed by atoms with Crippen LogP contribution < -0.4 is 11.4 Å². The monoisotopic (exact) mass is 199 g/mol. The van der Waals surface area contributed by atoms with Crippen molar-refractivity contribution < 1.29 is 9.90 Å². The molecular weight excluding hydrogens is 186 g/mol. The highest BCUT2D eigenvalue weighted by atomic mass is 16.4. The number of hydrogen-bond donors (Lipinski definition) is 2. The fraction of sp³-hybridized carbons (Fsp3) is 0.500. The first-order chi connectivity index (χ1) is 6.43. The first-order valence-electron chi connectivity index (χ1n) is 4.13. The smallest absolute Gasteiger partial charge is 0.327 e. The summed E-state index contributed by atoms with van der Waals surface area (Å²) in [5.41, 5.74) is 5.95. The number of carboxylic acid groups (broad SMARTS) is 1. The largest absolute Gasteiger partial charge is 0.481 e. The van der Waals surface area contributed by atoms with E-state index in [1.165, 1.54) is 9.13 Å². The quantitative estimate of drug-likeness (QED) is 0.666. The fourth-order valence-corrected chi connectivity index (χ4v) is 1.32. The highest BCUT2D eigenvalue weighted by Gasteiger charge is 2.16. The molecule has 0 aliphatic carbocycles. The van der Waals surface area contributed by atoms with Gasteiger partial charge >= 0.3 is 11.7 Å². The van der Waals surface area contributed by atoms with Crippen LogP contribution in [0.4, 0.5) is 0 Å². The second-order valence-corrected chi connectivity index (χ2v) is 3.21. The van der Waals surface area contributed by atoms with Gasteiger partial charge in [-0.3, -0.25) is 9.36 Å². The Morgan fingerprint density at radius 1 is 1.64 bits per heavy atom. The van der Waals surface area contributed by atoms with E-state index in [-0.39, 0.29) is 12.1 Å². The van der Waals surface area contributed by atoms with E-state index in [9.17, 15) is 9.59 Å². The Hall–Kier alpha value is -1.56. The Balaban J connectivity index is 3.01. The highest BCUT2D eigenvalue weighted by Crippen LogP contribution is 2.10. The summed E-state index contributed by atoms with van der Waals surface area (Å²) in [7, 11) is 3.17. The minimum absolute atomic E-state index is 0.183. The minimum atomic E-state index is -0.978. The van der Waals surface area contributed by atoms with Gasteiger partial charge in [-0.05, 0) is 0 Å². The van der Waals surface area contributed by atoms with Crippen LogP contribution in [0.2, 0.25) is 0 Å². The van der Waals surface area contributed by atoms with Gasteiger partial charge in [0.1, 0.15) is 0 Å². The lowest BCUT2D eigenvalue weighted by Crippen LogP contribution is -2.23. The third-order valence-electron chi connectivity index (χ3n) is 2.08. The number of nitrogens with two attached hydrogens (primary N) is 1. The molecule has 14 heavy (non-hydrogen) atoms. The number of hydrogen-bond acceptors (Lipinski definition) is 3. The molecule has 1 atom stereocenters. The molecule has 0 aliphatic heterocycles. The molecule has 0 aliphatic rings. The van der Waals surface area contributed by atoms with Gasteiger partial charge < -0.3 is 15.4 Å². The van der Waals surface area contributed by atoms with E-state index < -0.39 is 12.0 Å². The molecule has 0 aromatic carbocycles. The first kappa shape index (κ1) is 10.5. The molecule has 0 amide bonds. The van der Waals surface area contributed by atoms with E-state index in [1.807, 2.05) is 0 Å². The maximum Gasteiger partial charge on any atom is 0.327 e. The average Bonchev–Trinajstić information content (AvgIpc) is 2.32. The van der Waals surface area contributed by atoms with Crippen molar-refractivity contribution >= 4 is 5.97 Å². The summed E-state index contributed by atoms with van der Waals surface area (Å²) < 4.78 is 2.73. The Kier molecular flexibility index (Phi) is 2.76. The zero-order valence-corrected chi connectivity index (χ0v) is 8.10. The molecule has 1 unspecified atom stereocenters. The van der Waals surface area contributed by atoms with E-state index >= 15 is 0 Å². The van der Waals surface area contributed by atoms with Crippen molar-refractivity contribution in [1.82, 2.24) is 9.13 Å². The Morgan fingerprint density at radius 3 is 2.57 bits per heavy atom. The fourth-order valence-electron chi connectivity index (χ4n) is 1.32. The lowest BCUT2D eigenvalue weighted by molar-refractivity contribution is -0.137. The number of aryl methyl sites for hydroxylation is 1. The standard InChI is InChI=1S/C8H13N3O3/c1-10-4-6(11(2)8(10)14)5(9)3-7(12)13/h4-5H,3,9H2,1-2H3,(H,12,13). The number of imidazole rings is 1. The first-order valence-corrected chi connectivity index (χ1v) is 4.13. The normalized spacial score (nSPS) is 12.8. The van der Waals surface area contributed by atoms with Crippen molar-refractivity contribution in [2.45, 2.75) is 12.5 Å². The zero-order chi connectivity index (χ0) is 10.9. The van der Waals surface area contributed by atoms with E-state index in [0.717, 1.165) is 0 Å². The maximum absolute atomic E-state index is 11.3. The van der Waals surface area contributed by atoms with Crippen LogP contribution in [0.5, 0.6) is 0 Å². The molecule has 78 valence electrons. The van der Waals surface area contributed by atoms with Crippen molar-refractivity contribution in [2.75, 3.05) is 0 Å². The van der Waals surface area contributed by atoms with Gasteiger partial charge in [0.2, 0.25) is 0 Å². The summed E-state index contributed by atoms with van der Waals surface area (Å²) in [5, 5.41) is 8.54. The maximum atomic E-state index is 11.3.